The van der Waals surface area contributed by atoms with E-state index < -0.39 is 29.3 Å². The SMILES string of the molecule is COCC(C)C(=O)Nc1cccc(-n2ncc(C(=O)O)c2C(F)(F)F)c1. The summed E-state index contributed by atoms with van der Waals surface area (Å²) in [6.07, 6.45) is -4.28. The molecule has 2 N–H and O–H groups in total. The first-order chi connectivity index (χ1) is 12.1. The molecule has 1 aromatic carbocycles. The number of benzene rings is 1. The molecule has 1 unspecified atom stereocenters. The van der Waals surface area contributed by atoms with E-state index in [1.54, 1.807) is 6.92 Å². The molecule has 26 heavy (non-hydrogen) atoms. The Morgan fingerprint density at radius 1 is 1.38 bits per heavy atom. The molecule has 1 aromatic heterocycles. The van der Waals surface area contributed by atoms with E-state index in [-0.39, 0.29) is 23.9 Å². The van der Waals surface area contributed by atoms with Gasteiger partial charge in [-0.2, -0.15) is 18.3 Å². The van der Waals surface area contributed by atoms with E-state index in [0.29, 0.717) is 10.9 Å². The van der Waals surface area contributed by atoms with E-state index in [0.717, 1.165) is 0 Å². The van der Waals surface area contributed by atoms with Crippen molar-refractivity contribution in [2.45, 2.75) is 13.1 Å². The summed E-state index contributed by atoms with van der Waals surface area (Å²) in [6.45, 7) is 1.82. The number of carboxylic acid groups (broad SMARTS) is 1. The number of carbonyl (C=O) groups is 2. The number of nitrogens with zero attached hydrogens (tertiary/aromatic N) is 2. The number of hydrogen-bond donors (Lipinski definition) is 2. The predicted molar refractivity (Wildman–Crippen MR) is 85.2 cm³/mol. The van der Waals surface area contributed by atoms with Crippen LogP contribution in [0, 0.1) is 5.92 Å². The molecule has 1 amide bonds. The standard InChI is InChI=1S/C16H16F3N3O4/c1-9(8-26-2)14(23)21-10-4-3-5-11(6-10)22-13(16(17,18)19)12(7-20-22)15(24)25/h3-7,9H,8H2,1-2H3,(H,21,23)(H,24,25). The van der Waals surface area contributed by atoms with Crippen LogP contribution < -0.4 is 5.32 Å². The minimum Gasteiger partial charge on any atom is -0.478 e. The molecule has 0 bridgehead atoms. The molecule has 0 saturated heterocycles. The van der Waals surface area contributed by atoms with Crippen molar-refractivity contribution in [1.29, 1.82) is 0 Å². The third-order valence-electron chi connectivity index (χ3n) is 3.49. The van der Waals surface area contributed by atoms with E-state index >= 15 is 0 Å². The van der Waals surface area contributed by atoms with Crippen LogP contribution >= 0.6 is 0 Å². The Labute approximate surface area is 146 Å². The summed E-state index contributed by atoms with van der Waals surface area (Å²) in [6, 6.07) is 5.51. The molecule has 0 fully saturated rings. The lowest BCUT2D eigenvalue weighted by molar-refractivity contribution is -0.143. The molecule has 140 valence electrons. The minimum absolute atomic E-state index is 0.0398. The van der Waals surface area contributed by atoms with Crippen LogP contribution in [0.15, 0.2) is 30.5 Å². The van der Waals surface area contributed by atoms with Crippen LogP contribution in [0.1, 0.15) is 23.0 Å². The number of aromatic nitrogens is 2. The van der Waals surface area contributed by atoms with Gasteiger partial charge >= 0.3 is 12.1 Å². The zero-order valence-corrected chi connectivity index (χ0v) is 13.9. The quantitative estimate of drug-likeness (QED) is 0.814. The fourth-order valence-corrected chi connectivity index (χ4v) is 2.28. The molecule has 2 aromatic rings. The highest BCUT2D eigenvalue weighted by Crippen LogP contribution is 2.34. The second kappa shape index (κ2) is 7.56. The molecule has 0 spiro atoms. The fraction of sp³-hybridized carbons (Fsp3) is 0.312. The first-order valence-corrected chi connectivity index (χ1v) is 7.44. The molecule has 2 rings (SSSR count). The summed E-state index contributed by atoms with van der Waals surface area (Å²) in [4.78, 5) is 23.0. The zero-order valence-electron chi connectivity index (χ0n) is 13.9. The Bertz CT molecular complexity index is 817. The van der Waals surface area contributed by atoms with Crippen LogP contribution in [0.5, 0.6) is 0 Å². The highest BCUT2D eigenvalue weighted by Gasteiger charge is 2.40. The summed E-state index contributed by atoms with van der Waals surface area (Å²) in [5.41, 5.74) is -2.15. The van der Waals surface area contributed by atoms with Gasteiger partial charge in [0.2, 0.25) is 5.91 Å². The summed E-state index contributed by atoms with van der Waals surface area (Å²) >= 11 is 0. The second-order valence-corrected chi connectivity index (χ2v) is 5.52. The number of amides is 1. The Balaban J connectivity index is 2.40. The Morgan fingerprint density at radius 3 is 2.65 bits per heavy atom. The lowest BCUT2D eigenvalue weighted by atomic mass is 10.1. The number of halogens is 3. The van der Waals surface area contributed by atoms with Crippen LogP contribution in [0.4, 0.5) is 18.9 Å². The van der Waals surface area contributed by atoms with Crippen molar-refractivity contribution in [2.24, 2.45) is 5.92 Å². The number of methoxy groups -OCH3 is 1. The average Bonchev–Trinajstić information content (AvgIpc) is 3.01. The van der Waals surface area contributed by atoms with Gasteiger partial charge in [0.15, 0.2) is 5.69 Å². The van der Waals surface area contributed by atoms with E-state index in [4.69, 9.17) is 9.84 Å². The number of rotatable bonds is 6. The Hall–Kier alpha value is -2.88. The van der Waals surface area contributed by atoms with Gasteiger partial charge < -0.3 is 15.2 Å². The van der Waals surface area contributed by atoms with Crippen molar-refractivity contribution in [2.75, 3.05) is 19.0 Å². The van der Waals surface area contributed by atoms with E-state index in [1.165, 1.54) is 31.4 Å². The number of anilines is 1. The molecule has 0 saturated carbocycles. The normalized spacial score (nSPS) is 12.7. The minimum atomic E-state index is -4.92. The summed E-state index contributed by atoms with van der Waals surface area (Å²) in [5.74, 6) is -2.56. The maximum absolute atomic E-state index is 13.3. The highest BCUT2D eigenvalue weighted by molar-refractivity contribution is 5.92. The zero-order chi connectivity index (χ0) is 19.5. The topological polar surface area (TPSA) is 93.5 Å². The van der Waals surface area contributed by atoms with Gasteiger partial charge in [-0.1, -0.05) is 13.0 Å². The fourth-order valence-electron chi connectivity index (χ4n) is 2.28. The van der Waals surface area contributed by atoms with Gasteiger partial charge in [0.25, 0.3) is 0 Å². The summed E-state index contributed by atoms with van der Waals surface area (Å²) in [7, 11) is 1.45. The van der Waals surface area contributed by atoms with Crippen molar-refractivity contribution in [1.82, 2.24) is 9.78 Å². The second-order valence-electron chi connectivity index (χ2n) is 5.52. The summed E-state index contributed by atoms with van der Waals surface area (Å²) in [5, 5.41) is 15.1. The van der Waals surface area contributed by atoms with Crippen molar-refractivity contribution >= 4 is 17.6 Å². The van der Waals surface area contributed by atoms with Crippen LogP contribution in [-0.4, -0.2) is 40.5 Å². The van der Waals surface area contributed by atoms with Crippen molar-refractivity contribution in [3.8, 4) is 5.69 Å². The van der Waals surface area contributed by atoms with Gasteiger partial charge in [-0.15, -0.1) is 0 Å². The predicted octanol–water partition coefficient (Wildman–Crippen LogP) is 2.81. The largest absolute Gasteiger partial charge is 0.478 e. The molecular weight excluding hydrogens is 355 g/mol. The van der Waals surface area contributed by atoms with E-state index in [2.05, 4.69) is 10.4 Å². The van der Waals surface area contributed by atoms with Gasteiger partial charge in [0.1, 0.15) is 5.56 Å². The van der Waals surface area contributed by atoms with E-state index in [1.807, 2.05) is 0 Å². The summed E-state index contributed by atoms with van der Waals surface area (Å²) < 4.78 is 45.2. The van der Waals surface area contributed by atoms with Gasteiger partial charge in [-0.05, 0) is 18.2 Å². The van der Waals surface area contributed by atoms with Crippen molar-refractivity contribution < 1.29 is 32.6 Å². The lowest BCUT2D eigenvalue weighted by Crippen LogP contribution is -2.24. The van der Waals surface area contributed by atoms with Gasteiger partial charge in [0.05, 0.1) is 24.4 Å². The number of carboxylic acids is 1. The van der Waals surface area contributed by atoms with E-state index in [9.17, 15) is 22.8 Å². The Morgan fingerprint density at radius 2 is 2.08 bits per heavy atom. The Kier molecular flexibility index (Phi) is 5.66. The number of alkyl halides is 3. The molecule has 0 radical (unpaired) electrons. The first-order valence-electron chi connectivity index (χ1n) is 7.44. The van der Waals surface area contributed by atoms with Crippen LogP contribution in [0.25, 0.3) is 5.69 Å². The van der Waals surface area contributed by atoms with Gasteiger partial charge in [-0.3, -0.25) is 4.79 Å². The van der Waals surface area contributed by atoms with Crippen LogP contribution in [0.2, 0.25) is 0 Å². The number of aromatic carboxylic acids is 1. The maximum Gasteiger partial charge on any atom is 0.434 e. The average molecular weight is 371 g/mol. The number of ether oxygens (including phenoxy) is 1. The highest BCUT2D eigenvalue weighted by atomic mass is 19.4. The molecule has 0 aliphatic heterocycles. The number of nitrogens with one attached hydrogen (secondary N) is 1. The molecule has 10 heteroatoms. The maximum atomic E-state index is 13.3. The lowest BCUT2D eigenvalue weighted by Gasteiger charge is -2.14. The number of hydrogen-bond acceptors (Lipinski definition) is 4. The third-order valence-corrected chi connectivity index (χ3v) is 3.49. The van der Waals surface area contributed by atoms with Crippen LogP contribution in [0.3, 0.4) is 0 Å². The van der Waals surface area contributed by atoms with Gasteiger partial charge in [0, 0.05) is 12.8 Å². The molecule has 0 aliphatic carbocycles. The van der Waals surface area contributed by atoms with Crippen molar-refractivity contribution in [3.63, 3.8) is 0 Å². The molecule has 0 aliphatic rings. The molecule has 1 atom stereocenters. The third kappa shape index (κ3) is 4.20. The molecular formula is C16H16F3N3O4. The molecule has 7 nitrogen and oxygen atoms in total. The monoisotopic (exact) mass is 371 g/mol. The first kappa shape index (κ1) is 19.4. The van der Waals surface area contributed by atoms with Crippen molar-refractivity contribution in [3.05, 3.63) is 41.7 Å². The van der Waals surface area contributed by atoms with Gasteiger partial charge in [-0.25, -0.2) is 9.48 Å². The molecule has 1 heterocycles. The number of carbonyl (C=O) groups excluding carboxylic acids is 1. The smallest absolute Gasteiger partial charge is 0.434 e. The van der Waals surface area contributed by atoms with Crippen LogP contribution in [-0.2, 0) is 15.7 Å².